The number of piperazine rings is 1. The maximum absolute atomic E-state index is 13.5. The van der Waals surface area contributed by atoms with Crippen LogP contribution in [0.4, 0.5) is 5.69 Å². The number of hydrogen-bond donors (Lipinski definition) is 1. The Balaban J connectivity index is 1.16. The first-order valence-electron chi connectivity index (χ1n) is 14.8. The number of carbonyl (C=O) groups excluding carboxylic acids is 2. The van der Waals surface area contributed by atoms with Gasteiger partial charge in [-0.25, -0.2) is 4.98 Å². The van der Waals surface area contributed by atoms with E-state index in [1.165, 1.54) is 9.47 Å². The molecular weight excluding hydrogens is 566 g/mol. The summed E-state index contributed by atoms with van der Waals surface area (Å²) in [5.41, 5.74) is 4.31. The number of hydrogen-bond acceptors (Lipinski definition) is 6. The number of imidazole rings is 1. The summed E-state index contributed by atoms with van der Waals surface area (Å²) in [4.78, 5) is 47.3. The molecule has 45 heavy (non-hydrogen) atoms. The van der Waals surface area contributed by atoms with Gasteiger partial charge in [0, 0.05) is 62.2 Å². The fraction of sp³-hybridized carbons (Fsp3) is 0.167. The highest BCUT2D eigenvalue weighted by molar-refractivity contribution is 6.41. The number of benzene rings is 3. The van der Waals surface area contributed by atoms with E-state index in [0.717, 1.165) is 34.1 Å². The Morgan fingerprint density at radius 2 is 1.44 bits per heavy atom. The first kappa shape index (κ1) is 29.4. The summed E-state index contributed by atoms with van der Waals surface area (Å²) in [7, 11) is 0. The fourth-order valence-electron chi connectivity index (χ4n) is 5.54. The van der Waals surface area contributed by atoms with Gasteiger partial charge in [0.15, 0.2) is 0 Å². The zero-order chi connectivity index (χ0) is 31.2. The van der Waals surface area contributed by atoms with E-state index in [-0.39, 0.29) is 5.56 Å². The largest absolute Gasteiger partial charge is 0.507 e. The first-order valence-corrected chi connectivity index (χ1v) is 14.8. The predicted octanol–water partition coefficient (Wildman–Crippen LogP) is 4.49. The van der Waals surface area contributed by atoms with Crippen LogP contribution in [0.3, 0.4) is 0 Å². The number of rotatable bonds is 9. The Morgan fingerprint density at radius 1 is 0.800 bits per heavy atom. The van der Waals surface area contributed by atoms with Crippen molar-refractivity contribution in [3.8, 4) is 5.69 Å². The molecule has 1 aliphatic heterocycles. The molecule has 0 atom stereocenters. The standard InChI is InChI=1S/C36H33N5O4/c42-33(32-22-29(21-27-7-3-1-4-8-27)25-41(35(32)44)24-28-9-5-2-6-10-28)23-34(43)36(45)39-19-17-38(18-20-39)30-11-13-31(14-12-30)40-16-15-37-26-40/h1-16,22-23,25-26,42H,17-21,24H2/b33-23-. The van der Waals surface area contributed by atoms with Crippen LogP contribution in [0.5, 0.6) is 0 Å². The molecule has 0 bridgehead atoms. The van der Waals surface area contributed by atoms with Crippen molar-refractivity contribution < 1.29 is 14.7 Å². The second-order valence-electron chi connectivity index (χ2n) is 11.0. The van der Waals surface area contributed by atoms with Crippen LogP contribution >= 0.6 is 0 Å². The quantitative estimate of drug-likeness (QED) is 0.152. The molecule has 2 aromatic heterocycles. The minimum absolute atomic E-state index is 0.0236. The number of aliphatic hydroxyl groups excluding tert-OH is 1. The zero-order valence-corrected chi connectivity index (χ0v) is 24.7. The van der Waals surface area contributed by atoms with Crippen molar-refractivity contribution >= 4 is 23.1 Å². The Hall–Kier alpha value is -5.70. The lowest BCUT2D eigenvalue weighted by Gasteiger charge is -2.35. The van der Waals surface area contributed by atoms with Gasteiger partial charge in [-0.05, 0) is 53.4 Å². The summed E-state index contributed by atoms with van der Waals surface area (Å²) < 4.78 is 3.45. The van der Waals surface area contributed by atoms with Crippen molar-refractivity contribution in [2.75, 3.05) is 31.1 Å². The lowest BCUT2D eigenvalue weighted by atomic mass is 10.0. The summed E-state index contributed by atoms with van der Waals surface area (Å²) in [6.45, 7) is 2.14. The van der Waals surface area contributed by atoms with E-state index in [2.05, 4.69) is 9.88 Å². The number of aliphatic hydroxyl groups is 1. The third-order valence-electron chi connectivity index (χ3n) is 7.93. The van der Waals surface area contributed by atoms with Crippen LogP contribution in [0.25, 0.3) is 11.4 Å². The van der Waals surface area contributed by atoms with Gasteiger partial charge in [-0.2, -0.15) is 0 Å². The van der Waals surface area contributed by atoms with Gasteiger partial charge >= 0.3 is 0 Å². The number of pyridine rings is 1. The van der Waals surface area contributed by atoms with Gasteiger partial charge in [-0.15, -0.1) is 0 Å². The van der Waals surface area contributed by atoms with Crippen molar-refractivity contribution in [3.63, 3.8) is 0 Å². The minimum atomic E-state index is -0.867. The number of anilines is 1. The monoisotopic (exact) mass is 599 g/mol. The summed E-state index contributed by atoms with van der Waals surface area (Å²) in [6.07, 6.45) is 8.52. The number of ketones is 1. The molecule has 1 fully saturated rings. The van der Waals surface area contributed by atoms with Gasteiger partial charge in [0.1, 0.15) is 5.76 Å². The van der Waals surface area contributed by atoms with Gasteiger partial charge < -0.3 is 24.0 Å². The number of carbonyl (C=O) groups is 2. The van der Waals surface area contributed by atoms with Crippen LogP contribution in [0, 0.1) is 0 Å². The molecule has 0 saturated carbocycles. The molecule has 0 unspecified atom stereocenters. The van der Waals surface area contributed by atoms with Gasteiger partial charge in [0.2, 0.25) is 5.78 Å². The Labute approximate surface area is 260 Å². The third-order valence-corrected chi connectivity index (χ3v) is 7.93. The van der Waals surface area contributed by atoms with Gasteiger partial charge in [-0.3, -0.25) is 14.4 Å². The van der Waals surface area contributed by atoms with E-state index < -0.39 is 23.0 Å². The molecule has 0 aliphatic carbocycles. The summed E-state index contributed by atoms with van der Waals surface area (Å²) >= 11 is 0. The van der Waals surface area contributed by atoms with Gasteiger partial charge in [0.05, 0.1) is 18.4 Å². The fourth-order valence-corrected chi connectivity index (χ4v) is 5.54. The molecule has 3 heterocycles. The van der Waals surface area contributed by atoms with Crippen molar-refractivity contribution in [2.24, 2.45) is 0 Å². The zero-order valence-electron chi connectivity index (χ0n) is 24.7. The van der Waals surface area contributed by atoms with Crippen LogP contribution in [0.2, 0.25) is 0 Å². The van der Waals surface area contributed by atoms with E-state index in [0.29, 0.717) is 39.1 Å². The number of amides is 1. The molecule has 1 saturated heterocycles. The highest BCUT2D eigenvalue weighted by Crippen LogP contribution is 2.20. The van der Waals surface area contributed by atoms with E-state index in [9.17, 15) is 19.5 Å². The van der Waals surface area contributed by atoms with Gasteiger partial charge in [-0.1, -0.05) is 60.7 Å². The van der Waals surface area contributed by atoms with E-state index in [1.807, 2.05) is 95.7 Å². The van der Waals surface area contributed by atoms with E-state index in [4.69, 9.17) is 0 Å². The molecular formula is C36H33N5O4. The van der Waals surface area contributed by atoms with Crippen LogP contribution in [-0.4, -0.2) is 62.0 Å². The molecule has 0 spiro atoms. The van der Waals surface area contributed by atoms with Crippen molar-refractivity contribution in [1.29, 1.82) is 0 Å². The highest BCUT2D eigenvalue weighted by atomic mass is 16.3. The van der Waals surface area contributed by atoms with Crippen LogP contribution in [0.1, 0.15) is 22.3 Å². The Morgan fingerprint density at radius 3 is 2.09 bits per heavy atom. The van der Waals surface area contributed by atoms with Crippen LogP contribution in [0.15, 0.2) is 127 Å². The average Bonchev–Trinajstić information content (AvgIpc) is 3.62. The average molecular weight is 600 g/mol. The van der Waals surface area contributed by atoms with Crippen LogP contribution in [-0.2, 0) is 22.6 Å². The summed E-state index contributed by atoms with van der Waals surface area (Å²) in [5.74, 6) is -2.10. The second kappa shape index (κ2) is 13.3. The van der Waals surface area contributed by atoms with Gasteiger partial charge in [0.25, 0.3) is 11.5 Å². The van der Waals surface area contributed by atoms with E-state index in [1.54, 1.807) is 24.8 Å². The molecule has 0 radical (unpaired) electrons. The van der Waals surface area contributed by atoms with Crippen molar-refractivity contribution in [2.45, 2.75) is 13.0 Å². The maximum Gasteiger partial charge on any atom is 0.294 e. The summed E-state index contributed by atoms with van der Waals surface area (Å²) in [6, 6.07) is 29.0. The second-order valence-corrected chi connectivity index (χ2v) is 11.0. The number of nitrogens with zero attached hydrogens (tertiary/aromatic N) is 5. The van der Waals surface area contributed by atoms with Crippen LogP contribution < -0.4 is 10.5 Å². The van der Waals surface area contributed by atoms with Crippen molar-refractivity contribution in [1.82, 2.24) is 19.0 Å². The van der Waals surface area contributed by atoms with Crippen molar-refractivity contribution in [3.05, 3.63) is 155 Å². The molecule has 9 heteroatoms. The minimum Gasteiger partial charge on any atom is -0.507 e. The Bertz CT molecular complexity index is 1860. The highest BCUT2D eigenvalue weighted by Gasteiger charge is 2.26. The molecule has 1 amide bonds. The molecule has 226 valence electrons. The topological polar surface area (TPSA) is 101 Å². The molecule has 3 aromatic carbocycles. The molecule has 1 N–H and O–H groups in total. The molecule has 1 aliphatic rings. The SMILES string of the molecule is O=C(/C=C(\O)c1cc(Cc2ccccc2)cn(Cc2ccccc2)c1=O)C(=O)N1CCN(c2ccc(-n3ccnc3)cc2)CC1. The predicted molar refractivity (Wildman–Crippen MR) is 173 cm³/mol. The maximum atomic E-state index is 13.5. The normalized spacial score (nSPS) is 13.6. The first-order chi connectivity index (χ1) is 21.9. The summed E-state index contributed by atoms with van der Waals surface area (Å²) in [5, 5.41) is 11.0. The lowest BCUT2D eigenvalue weighted by Crippen LogP contribution is -2.50. The smallest absolute Gasteiger partial charge is 0.294 e. The lowest BCUT2D eigenvalue weighted by molar-refractivity contribution is -0.142. The molecule has 9 nitrogen and oxygen atoms in total. The molecule has 6 rings (SSSR count). The third kappa shape index (κ3) is 6.94. The van der Waals surface area contributed by atoms with E-state index >= 15 is 0 Å². The number of aromatic nitrogens is 3. The Kier molecular flexibility index (Phi) is 8.68. The molecule has 5 aromatic rings.